The molecule has 1 saturated heterocycles. The first-order valence-corrected chi connectivity index (χ1v) is 8.78. The highest BCUT2D eigenvalue weighted by Gasteiger charge is 2.59. The van der Waals surface area contributed by atoms with Crippen LogP contribution in [0.15, 0.2) is 36.4 Å². The summed E-state index contributed by atoms with van der Waals surface area (Å²) in [5, 5.41) is 2.56. The van der Waals surface area contributed by atoms with Crippen LogP contribution in [0.1, 0.15) is 12.0 Å². The molecular formula is C19H18F2N2O4. The number of halogens is 2. The van der Waals surface area contributed by atoms with E-state index in [1.165, 1.54) is 6.07 Å². The zero-order valence-electron chi connectivity index (χ0n) is 14.3. The van der Waals surface area contributed by atoms with Crippen LogP contribution < -0.4 is 10.1 Å². The number of imide groups is 1. The summed E-state index contributed by atoms with van der Waals surface area (Å²) in [5.74, 6) is -1.66. The highest BCUT2D eigenvalue weighted by molar-refractivity contribution is 6.08. The van der Waals surface area contributed by atoms with Gasteiger partial charge in [0.15, 0.2) is 0 Å². The number of likely N-dealkylation sites (tertiary alicyclic amines) is 1. The van der Waals surface area contributed by atoms with Crippen LogP contribution in [-0.2, 0) is 20.9 Å². The lowest BCUT2D eigenvalue weighted by Crippen LogP contribution is -2.41. The Kier molecular flexibility index (Phi) is 4.41. The van der Waals surface area contributed by atoms with Crippen molar-refractivity contribution in [2.45, 2.75) is 19.6 Å². The third kappa shape index (κ3) is 3.09. The molecule has 0 aromatic heterocycles. The Morgan fingerprint density at radius 3 is 2.41 bits per heavy atom. The van der Waals surface area contributed by atoms with Gasteiger partial charge >= 0.3 is 6.61 Å². The molecule has 1 saturated carbocycles. The smallest absolute Gasteiger partial charge is 0.387 e. The van der Waals surface area contributed by atoms with E-state index in [-0.39, 0.29) is 54.3 Å². The SMILES string of the molecule is O=C(CN1C(=O)C2C3C=CC(C3)C2C1=O)NCc1ccccc1OC(F)F. The monoisotopic (exact) mass is 376 g/mol. The minimum atomic E-state index is -2.97. The Morgan fingerprint density at radius 1 is 1.15 bits per heavy atom. The minimum absolute atomic E-state index is 0.0293. The van der Waals surface area contributed by atoms with Gasteiger partial charge in [0.25, 0.3) is 0 Å². The number of nitrogens with zero attached hydrogens (tertiary/aromatic N) is 1. The Morgan fingerprint density at radius 2 is 1.78 bits per heavy atom. The molecule has 3 amide bonds. The zero-order valence-corrected chi connectivity index (χ0v) is 14.3. The van der Waals surface area contributed by atoms with Gasteiger partial charge in [-0.2, -0.15) is 8.78 Å². The van der Waals surface area contributed by atoms with Crippen LogP contribution in [0.3, 0.4) is 0 Å². The number of amides is 3. The van der Waals surface area contributed by atoms with Crippen LogP contribution >= 0.6 is 0 Å². The quantitative estimate of drug-likeness (QED) is 0.606. The van der Waals surface area contributed by atoms with E-state index < -0.39 is 12.5 Å². The maximum absolute atomic E-state index is 12.6. The molecule has 1 aliphatic heterocycles. The van der Waals surface area contributed by atoms with E-state index in [4.69, 9.17) is 0 Å². The van der Waals surface area contributed by atoms with E-state index in [1.54, 1.807) is 18.2 Å². The first kappa shape index (κ1) is 17.6. The van der Waals surface area contributed by atoms with Crippen molar-refractivity contribution >= 4 is 17.7 Å². The number of alkyl halides is 2. The molecule has 4 unspecified atom stereocenters. The average molecular weight is 376 g/mol. The molecule has 4 atom stereocenters. The molecule has 27 heavy (non-hydrogen) atoms. The summed E-state index contributed by atoms with van der Waals surface area (Å²) in [6.45, 7) is -3.37. The van der Waals surface area contributed by atoms with E-state index in [2.05, 4.69) is 10.1 Å². The summed E-state index contributed by atoms with van der Waals surface area (Å²) in [4.78, 5) is 38.4. The number of benzene rings is 1. The third-order valence-corrected chi connectivity index (χ3v) is 5.53. The summed E-state index contributed by atoms with van der Waals surface area (Å²) >= 11 is 0. The van der Waals surface area contributed by atoms with Gasteiger partial charge in [0.05, 0.1) is 11.8 Å². The standard InChI is InChI=1S/C19H18F2N2O4/c20-19(21)27-13-4-2-1-3-12(13)8-22-14(24)9-23-17(25)15-10-5-6-11(7-10)16(15)18(23)26/h1-6,10-11,15-16,19H,7-9H2,(H,22,24). The third-order valence-electron chi connectivity index (χ3n) is 5.53. The Balaban J connectivity index is 1.37. The first-order valence-electron chi connectivity index (χ1n) is 8.78. The molecule has 2 fully saturated rings. The van der Waals surface area contributed by atoms with Crippen molar-refractivity contribution in [3.05, 3.63) is 42.0 Å². The molecule has 1 heterocycles. The van der Waals surface area contributed by atoms with Crippen LogP contribution in [0.4, 0.5) is 8.78 Å². The van der Waals surface area contributed by atoms with Gasteiger partial charge in [0.2, 0.25) is 17.7 Å². The maximum atomic E-state index is 12.6. The summed E-state index contributed by atoms with van der Waals surface area (Å²) in [6, 6.07) is 6.12. The summed E-state index contributed by atoms with van der Waals surface area (Å²) in [7, 11) is 0. The van der Waals surface area contributed by atoms with Gasteiger partial charge in [0, 0.05) is 12.1 Å². The van der Waals surface area contributed by atoms with Gasteiger partial charge in [-0.1, -0.05) is 30.4 Å². The number of hydrogen-bond acceptors (Lipinski definition) is 4. The fraction of sp³-hybridized carbons (Fsp3) is 0.421. The number of allylic oxidation sites excluding steroid dienone is 2. The van der Waals surface area contributed by atoms with E-state index >= 15 is 0 Å². The molecule has 0 radical (unpaired) electrons. The zero-order chi connectivity index (χ0) is 19.1. The number of nitrogens with one attached hydrogen (secondary N) is 1. The number of para-hydroxylation sites is 1. The fourth-order valence-electron chi connectivity index (χ4n) is 4.37. The second-order valence-corrected chi connectivity index (χ2v) is 7.03. The van der Waals surface area contributed by atoms with E-state index in [0.717, 1.165) is 11.3 Å². The molecule has 6 nitrogen and oxygen atoms in total. The number of fused-ring (bicyclic) bond motifs is 5. The van der Waals surface area contributed by atoms with Gasteiger partial charge in [-0.05, 0) is 24.3 Å². The predicted molar refractivity (Wildman–Crippen MR) is 89.4 cm³/mol. The van der Waals surface area contributed by atoms with Gasteiger partial charge in [0.1, 0.15) is 12.3 Å². The first-order chi connectivity index (χ1) is 13.0. The maximum Gasteiger partial charge on any atom is 0.387 e. The van der Waals surface area contributed by atoms with E-state index in [9.17, 15) is 23.2 Å². The number of carbonyl (C=O) groups excluding carboxylic acids is 3. The molecule has 8 heteroatoms. The number of hydrogen-bond donors (Lipinski definition) is 1. The molecule has 3 aliphatic rings. The van der Waals surface area contributed by atoms with Crippen molar-refractivity contribution in [1.82, 2.24) is 10.2 Å². The highest BCUT2D eigenvalue weighted by Crippen LogP contribution is 2.52. The number of rotatable bonds is 6. The molecular weight excluding hydrogens is 358 g/mol. The van der Waals surface area contributed by atoms with E-state index in [1.807, 2.05) is 12.2 Å². The largest absolute Gasteiger partial charge is 0.434 e. The molecule has 2 aliphatic carbocycles. The van der Waals surface area contributed by atoms with Crippen LogP contribution in [0.5, 0.6) is 5.75 Å². The number of ether oxygens (including phenoxy) is 1. The highest BCUT2D eigenvalue weighted by atomic mass is 19.3. The lowest BCUT2D eigenvalue weighted by Gasteiger charge is -2.17. The van der Waals surface area contributed by atoms with Gasteiger partial charge < -0.3 is 10.1 Å². The van der Waals surface area contributed by atoms with Crippen molar-refractivity contribution in [2.75, 3.05) is 6.54 Å². The summed E-state index contributed by atoms with van der Waals surface area (Å²) < 4.78 is 29.3. The van der Waals surface area contributed by atoms with Crippen molar-refractivity contribution in [3.63, 3.8) is 0 Å². The molecule has 1 aromatic carbocycles. The number of carbonyl (C=O) groups is 3. The van der Waals surface area contributed by atoms with Crippen molar-refractivity contribution in [2.24, 2.45) is 23.7 Å². The fourth-order valence-corrected chi connectivity index (χ4v) is 4.37. The Labute approximate surface area is 154 Å². The van der Waals surface area contributed by atoms with Crippen LogP contribution in [0.25, 0.3) is 0 Å². The van der Waals surface area contributed by atoms with Crippen molar-refractivity contribution < 1.29 is 27.9 Å². The summed E-state index contributed by atoms with van der Waals surface area (Å²) in [5.41, 5.74) is 0.379. The van der Waals surface area contributed by atoms with Gasteiger partial charge in [-0.3, -0.25) is 19.3 Å². The van der Waals surface area contributed by atoms with Crippen LogP contribution in [0.2, 0.25) is 0 Å². The normalized spacial score (nSPS) is 28.2. The molecule has 1 N–H and O–H groups in total. The van der Waals surface area contributed by atoms with Crippen molar-refractivity contribution in [1.29, 1.82) is 0 Å². The predicted octanol–water partition coefficient (Wildman–Crippen LogP) is 1.71. The van der Waals surface area contributed by atoms with Crippen LogP contribution in [-0.4, -0.2) is 35.8 Å². The van der Waals surface area contributed by atoms with Gasteiger partial charge in [-0.25, -0.2) is 0 Å². The Bertz CT molecular complexity index is 796. The molecule has 142 valence electrons. The lowest BCUT2D eigenvalue weighted by molar-refractivity contribution is -0.144. The van der Waals surface area contributed by atoms with Gasteiger partial charge in [-0.15, -0.1) is 0 Å². The summed E-state index contributed by atoms with van der Waals surface area (Å²) in [6.07, 6.45) is 4.80. The lowest BCUT2D eigenvalue weighted by atomic mass is 9.85. The molecule has 0 spiro atoms. The van der Waals surface area contributed by atoms with E-state index in [0.29, 0.717) is 5.56 Å². The van der Waals surface area contributed by atoms with Crippen LogP contribution in [0, 0.1) is 23.7 Å². The second kappa shape index (κ2) is 6.75. The second-order valence-electron chi connectivity index (χ2n) is 7.03. The topological polar surface area (TPSA) is 75.7 Å². The molecule has 2 bridgehead atoms. The Hall–Kier alpha value is -2.77. The average Bonchev–Trinajstić information content (AvgIpc) is 3.30. The molecule has 4 rings (SSSR count). The molecule has 1 aromatic rings. The van der Waals surface area contributed by atoms with Crippen molar-refractivity contribution in [3.8, 4) is 5.75 Å². The minimum Gasteiger partial charge on any atom is -0.434 e.